The Balaban J connectivity index is -0.000000114. The molecule has 0 saturated carbocycles. The topological polar surface area (TPSA) is 121 Å². The molecule has 0 amide bonds. The molecule has 60 valence electrons. The maximum absolute atomic E-state index is 8.93. The number of carboxylic acid groups (broad SMARTS) is 2. The van der Waals surface area contributed by atoms with Gasteiger partial charge in [-0.15, -0.1) is 0 Å². The van der Waals surface area contributed by atoms with Gasteiger partial charge in [0.05, 0.1) is 25.2 Å². The zero-order valence-electron chi connectivity index (χ0n) is 5.65. The van der Waals surface area contributed by atoms with Gasteiger partial charge < -0.3 is 30.0 Å². The van der Waals surface area contributed by atoms with Crippen molar-refractivity contribution in [1.82, 2.24) is 0 Å². The Labute approximate surface area is 92.5 Å². The molecule has 0 aliphatic rings. The summed E-state index contributed by atoms with van der Waals surface area (Å²) in [6.07, 6.45) is 0. The first-order valence-electron chi connectivity index (χ1n) is 2.20. The fourth-order valence-electron chi connectivity index (χ4n) is 0. The van der Waals surface area contributed by atoms with Crippen LogP contribution in [0.4, 0.5) is 0 Å². The predicted molar refractivity (Wildman–Crippen MR) is 29.9 cm³/mol. The molecular weight excluding hydrogens is 184 g/mol. The molecule has 0 heterocycles. The van der Waals surface area contributed by atoms with Crippen LogP contribution in [-0.2, 0) is 9.59 Å². The van der Waals surface area contributed by atoms with Crippen molar-refractivity contribution < 1.29 is 30.0 Å². The van der Waals surface area contributed by atoms with Gasteiger partial charge in [0, 0.05) is 0 Å². The molecule has 0 aromatic rings. The molecule has 0 aromatic heterocycles. The molecule has 0 bridgehead atoms. The summed E-state index contributed by atoms with van der Waals surface area (Å²) in [6, 6.07) is 0. The van der Waals surface area contributed by atoms with Gasteiger partial charge >= 0.3 is 37.7 Å². The number of aliphatic hydroxyl groups is 2. The first-order chi connectivity index (χ1) is 4.56. The van der Waals surface area contributed by atoms with E-state index in [1.165, 1.54) is 0 Å². The molecule has 0 aliphatic carbocycles. The van der Waals surface area contributed by atoms with Crippen molar-refractivity contribution in [3.05, 3.63) is 0 Å². The Hall–Kier alpha value is 0.120. The molecule has 0 fully saturated rings. The van der Waals surface area contributed by atoms with Crippen molar-refractivity contribution in [3.8, 4) is 0 Å². The minimum atomic E-state index is -2.19. The van der Waals surface area contributed by atoms with Gasteiger partial charge in [0.15, 0.2) is 0 Å². The quantitative estimate of drug-likeness (QED) is 0.315. The summed E-state index contributed by atoms with van der Waals surface area (Å²) >= 11 is 0. The van der Waals surface area contributed by atoms with E-state index in [2.05, 4.69) is 0 Å². The van der Waals surface area contributed by atoms with Gasteiger partial charge in [0.1, 0.15) is 0 Å². The third-order valence-electron chi connectivity index (χ3n) is 0.267. The van der Waals surface area contributed by atoms with E-state index in [9.17, 15) is 0 Å². The normalized spacial score (nSPS) is 6.73. The van der Waals surface area contributed by atoms with E-state index in [0.717, 1.165) is 0 Å². The van der Waals surface area contributed by atoms with Crippen molar-refractivity contribution in [2.75, 3.05) is 13.2 Å². The summed E-state index contributed by atoms with van der Waals surface area (Å²) in [6.45, 7) is -0.250. The smallest absolute Gasteiger partial charge is 0.543 e. The van der Waals surface area contributed by atoms with E-state index in [4.69, 9.17) is 30.0 Å². The second kappa shape index (κ2) is 12.8. The average Bonchev–Trinajstić information content (AvgIpc) is 1.89. The SMILES string of the molecule is O=C([O-])C(=O)[O-].OCCO.[Ca+2]. The number of carbonyl (C=O) groups is 2. The number of carbonyl (C=O) groups excluding carboxylic acids is 2. The van der Waals surface area contributed by atoms with Crippen LogP contribution >= 0.6 is 0 Å². The molecule has 0 aromatic carbocycles. The van der Waals surface area contributed by atoms with E-state index in [-0.39, 0.29) is 51.0 Å². The van der Waals surface area contributed by atoms with Crippen LogP contribution in [0.25, 0.3) is 0 Å². The summed E-state index contributed by atoms with van der Waals surface area (Å²) in [4.78, 5) is 17.9. The van der Waals surface area contributed by atoms with Crippen molar-refractivity contribution >= 4 is 49.7 Å². The molecule has 0 spiro atoms. The van der Waals surface area contributed by atoms with Gasteiger partial charge in [-0.1, -0.05) is 0 Å². The molecule has 0 radical (unpaired) electrons. The number of aliphatic hydroxyl groups excluding tert-OH is 2. The number of hydrogen-bond donors (Lipinski definition) is 2. The molecule has 0 atom stereocenters. The van der Waals surface area contributed by atoms with E-state index < -0.39 is 11.9 Å². The first kappa shape index (κ1) is 17.3. The molecule has 7 heteroatoms. The van der Waals surface area contributed by atoms with E-state index in [0.29, 0.717) is 0 Å². The maximum atomic E-state index is 8.93. The van der Waals surface area contributed by atoms with Crippen LogP contribution in [-0.4, -0.2) is 73.1 Å². The van der Waals surface area contributed by atoms with Crippen LogP contribution in [0.2, 0.25) is 0 Å². The fraction of sp³-hybridized carbons (Fsp3) is 0.500. The van der Waals surface area contributed by atoms with Crippen LogP contribution in [0, 0.1) is 0 Å². The van der Waals surface area contributed by atoms with Crippen molar-refractivity contribution in [2.45, 2.75) is 0 Å². The predicted octanol–water partition coefficient (Wildman–Crippen LogP) is -4.92. The molecule has 2 N–H and O–H groups in total. The van der Waals surface area contributed by atoms with E-state index >= 15 is 0 Å². The number of aliphatic carboxylic acids is 2. The molecule has 0 saturated heterocycles. The van der Waals surface area contributed by atoms with Gasteiger partial charge in [-0.3, -0.25) is 0 Å². The molecule has 11 heavy (non-hydrogen) atoms. The Kier molecular flexibility index (Phi) is 20.0. The summed E-state index contributed by atoms with van der Waals surface area (Å²) in [5.74, 6) is -4.37. The van der Waals surface area contributed by atoms with Crippen LogP contribution < -0.4 is 10.2 Å². The Morgan fingerprint density at radius 2 is 1.18 bits per heavy atom. The second-order valence-electron chi connectivity index (χ2n) is 1.02. The summed E-state index contributed by atoms with van der Waals surface area (Å²) in [5, 5.41) is 33.1. The molecule has 0 unspecified atom stereocenters. The zero-order valence-corrected chi connectivity index (χ0v) is 7.86. The number of hydrogen-bond acceptors (Lipinski definition) is 6. The van der Waals surface area contributed by atoms with Gasteiger partial charge in [-0.25, -0.2) is 0 Å². The van der Waals surface area contributed by atoms with E-state index in [1.54, 1.807) is 0 Å². The molecule has 6 nitrogen and oxygen atoms in total. The molecular formula is C4H6CaO6. The monoisotopic (exact) mass is 190 g/mol. The standard InChI is InChI=1S/C2H2O4.C2H6O2.Ca/c3-1(4)2(5)6;3-1-2-4;/h(H,3,4)(H,5,6);3-4H,1-2H2;/q;;+2/p-2. The Morgan fingerprint density at radius 1 is 1.00 bits per heavy atom. The minimum absolute atomic E-state index is 0. The first-order valence-corrected chi connectivity index (χ1v) is 2.20. The van der Waals surface area contributed by atoms with E-state index in [1.807, 2.05) is 0 Å². The summed E-state index contributed by atoms with van der Waals surface area (Å²) in [5.41, 5.74) is 0. The largest absolute Gasteiger partial charge is 2.00 e. The van der Waals surface area contributed by atoms with Gasteiger partial charge in [-0.05, 0) is 0 Å². The van der Waals surface area contributed by atoms with Crippen molar-refractivity contribution in [1.29, 1.82) is 0 Å². The van der Waals surface area contributed by atoms with Gasteiger partial charge in [0.25, 0.3) is 0 Å². The minimum Gasteiger partial charge on any atom is -0.543 e. The van der Waals surface area contributed by atoms with Crippen LogP contribution in [0.5, 0.6) is 0 Å². The fourth-order valence-corrected chi connectivity index (χ4v) is 0. The molecule has 0 aliphatic heterocycles. The third kappa shape index (κ3) is 25.5. The summed E-state index contributed by atoms with van der Waals surface area (Å²) < 4.78 is 0. The number of rotatable bonds is 1. The van der Waals surface area contributed by atoms with Crippen molar-refractivity contribution in [3.63, 3.8) is 0 Å². The van der Waals surface area contributed by atoms with Gasteiger partial charge in [-0.2, -0.15) is 0 Å². The number of carboxylic acids is 2. The maximum Gasteiger partial charge on any atom is 2.00 e. The van der Waals surface area contributed by atoms with Crippen LogP contribution in [0.1, 0.15) is 0 Å². The van der Waals surface area contributed by atoms with Crippen molar-refractivity contribution in [2.24, 2.45) is 0 Å². The molecule has 0 rings (SSSR count). The third-order valence-corrected chi connectivity index (χ3v) is 0.267. The Bertz CT molecular complexity index is 99.1. The zero-order chi connectivity index (χ0) is 8.57. The Morgan fingerprint density at radius 3 is 1.18 bits per heavy atom. The van der Waals surface area contributed by atoms with Crippen LogP contribution in [0.15, 0.2) is 0 Å². The summed E-state index contributed by atoms with van der Waals surface area (Å²) in [7, 11) is 0. The second-order valence-corrected chi connectivity index (χ2v) is 1.02. The average molecular weight is 190 g/mol. The van der Waals surface area contributed by atoms with Gasteiger partial charge in [0.2, 0.25) is 0 Å². The van der Waals surface area contributed by atoms with Crippen LogP contribution in [0.3, 0.4) is 0 Å².